The minimum Gasteiger partial charge on any atom is -0.691 e. The van der Waals surface area contributed by atoms with Crippen molar-refractivity contribution in [1.29, 1.82) is 0 Å². The first-order chi connectivity index (χ1) is 21.3. The quantitative estimate of drug-likeness (QED) is 0.0652. The zero-order chi connectivity index (χ0) is 31.9. The van der Waals surface area contributed by atoms with E-state index in [1.54, 1.807) is 6.07 Å². The van der Waals surface area contributed by atoms with Gasteiger partial charge in [0.2, 0.25) is 15.4 Å². The fraction of sp³-hybridized carbons (Fsp3) is 0.387. The number of benzene rings is 3. The van der Waals surface area contributed by atoms with Gasteiger partial charge in [-0.05, 0) is 63.6 Å². The van der Waals surface area contributed by atoms with Gasteiger partial charge in [-0.3, -0.25) is 5.04 Å². The molecule has 2 N–H and O–H groups in total. The van der Waals surface area contributed by atoms with E-state index in [4.69, 9.17) is 8.75 Å². The molecule has 2 aromatic rings. The fourth-order valence-corrected chi connectivity index (χ4v) is 7.50. The van der Waals surface area contributed by atoms with Gasteiger partial charge in [-0.25, -0.2) is 13.0 Å². The van der Waals surface area contributed by atoms with Gasteiger partial charge in [-0.15, -0.1) is 0 Å². The summed E-state index contributed by atoms with van der Waals surface area (Å²) < 4.78 is 41.4. The number of aliphatic hydroxyl groups excluding tert-OH is 2. The van der Waals surface area contributed by atoms with Crippen molar-refractivity contribution in [3.63, 3.8) is 0 Å². The van der Waals surface area contributed by atoms with E-state index in [-0.39, 0.29) is 18.0 Å². The molecule has 0 spiro atoms. The van der Waals surface area contributed by atoms with E-state index in [0.29, 0.717) is 33.8 Å². The van der Waals surface area contributed by atoms with Crippen molar-refractivity contribution in [2.75, 3.05) is 57.4 Å². The minimum atomic E-state index is -4.10. The molecule has 13 heteroatoms. The maximum absolute atomic E-state index is 13.5. The van der Waals surface area contributed by atoms with Crippen LogP contribution in [0.25, 0.3) is 33.4 Å². The van der Waals surface area contributed by atoms with Crippen molar-refractivity contribution in [2.45, 2.75) is 37.5 Å². The number of nitrogens with zero attached hydrogens (tertiary/aromatic N) is 3. The summed E-state index contributed by atoms with van der Waals surface area (Å²) in [6.07, 6.45) is 0. The molecule has 0 saturated carbocycles. The molecule has 44 heavy (non-hydrogen) atoms. The molecule has 0 atom stereocenters. The molecule has 1 heterocycles. The Hall–Kier alpha value is -3.01. The van der Waals surface area contributed by atoms with E-state index in [1.165, 1.54) is 12.1 Å². The second kappa shape index (κ2) is 15.3. The largest absolute Gasteiger partial charge is 0.691 e. The van der Waals surface area contributed by atoms with Crippen LogP contribution in [0, 0.1) is 0 Å². The van der Waals surface area contributed by atoms with Crippen LogP contribution >= 0.6 is 12.0 Å². The van der Waals surface area contributed by atoms with Crippen molar-refractivity contribution < 1.29 is 37.7 Å². The molecule has 0 radical (unpaired) electrons. The summed E-state index contributed by atoms with van der Waals surface area (Å²) in [5, 5.41) is 35.2. The second-order valence-electron chi connectivity index (χ2n) is 9.91. The summed E-state index contributed by atoms with van der Waals surface area (Å²) in [6.45, 7) is 10.4. The van der Waals surface area contributed by atoms with E-state index < -0.39 is 23.2 Å². The molecule has 2 aromatic carbocycles. The lowest BCUT2D eigenvalue weighted by molar-refractivity contribution is -0.777. The van der Waals surface area contributed by atoms with Crippen LogP contribution in [-0.4, -0.2) is 75.4 Å². The average molecular weight is 646 g/mol. The van der Waals surface area contributed by atoms with Crippen LogP contribution in [0.2, 0.25) is 0 Å². The van der Waals surface area contributed by atoms with Crippen LogP contribution in [0.5, 0.6) is 0 Å². The van der Waals surface area contributed by atoms with Crippen LogP contribution in [0.3, 0.4) is 0 Å². The van der Waals surface area contributed by atoms with Crippen LogP contribution < -0.4 is 20.1 Å². The molecule has 0 bridgehead atoms. The van der Waals surface area contributed by atoms with Crippen molar-refractivity contribution >= 4 is 38.7 Å². The van der Waals surface area contributed by atoms with Crippen LogP contribution in [0.1, 0.15) is 27.7 Å². The Kier molecular flexibility index (Phi) is 11.8. The molecule has 1 aliphatic heterocycles. The van der Waals surface area contributed by atoms with Gasteiger partial charge in [0.1, 0.15) is 24.4 Å². The summed E-state index contributed by atoms with van der Waals surface area (Å²) in [7, 11) is -4.10. The number of sulfonamides is 1. The number of fused-ring (bicyclic) bond motifs is 2. The van der Waals surface area contributed by atoms with Crippen molar-refractivity contribution in [3.05, 3.63) is 60.0 Å². The highest BCUT2D eigenvalue weighted by Gasteiger charge is 2.27. The van der Waals surface area contributed by atoms with E-state index in [0.717, 1.165) is 58.0 Å². The molecule has 0 aromatic heterocycles. The van der Waals surface area contributed by atoms with E-state index in [2.05, 4.69) is 42.2 Å². The van der Waals surface area contributed by atoms with Gasteiger partial charge < -0.3 is 24.8 Å². The molecule has 4 rings (SSSR count). The lowest BCUT2D eigenvalue weighted by Crippen LogP contribution is -2.35. The first-order valence-corrected chi connectivity index (χ1v) is 16.8. The lowest BCUT2D eigenvalue weighted by Gasteiger charge is -2.23. The van der Waals surface area contributed by atoms with Gasteiger partial charge in [0.25, 0.3) is 0 Å². The number of hydrogen-bond acceptors (Lipinski definition) is 10. The normalized spacial score (nSPS) is 12.0. The standard InChI is InChI=1S/C31H39N3O8S2/c1-5-32(6-2)22-9-12-25-28(19-22)40-29-20-23(33(7-3)8-4)10-13-26(29)31(25)27-14-11-24(21-30(27)43-42-41-37)44(38,39)34(15-17-35)16-18-36/h9-14,19-21,35-36H,5-8,15-18H2,1-4H3. The summed E-state index contributed by atoms with van der Waals surface area (Å²) >= 11 is 0.595. The third kappa shape index (κ3) is 6.95. The van der Waals surface area contributed by atoms with Crippen molar-refractivity contribution in [2.24, 2.45) is 0 Å². The number of hydrogen-bond donors (Lipinski definition) is 2. The Labute approximate surface area is 262 Å². The molecule has 2 aliphatic rings. The topological polar surface area (TPSA) is 139 Å². The van der Waals surface area contributed by atoms with E-state index in [1.807, 2.05) is 36.4 Å². The molecule has 0 saturated heterocycles. The number of aliphatic hydroxyl groups is 2. The van der Waals surface area contributed by atoms with Gasteiger partial charge in [-0.1, -0.05) is 6.07 Å². The molecule has 0 unspecified atom stereocenters. The highest BCUT2D eigenvalue weighted by atomic mass is 32.2. The maximum Gasteiger partial charge on any atom is 0.243 e. The third-order valence-corrected chi connectivity index (χ3v) is 10.2. The molecule has 0 fully saturated rings. The second-order valence-corrected chi connectivity index (χ2v) is 12.6. The van der Waals surface area contributed by atoms with E-state index >= 15 is 0 Å². The third-order valence-electron chi connectivity index (χ3n) is 7.66. The van der Waals surface area contributed by atoms with Gasteiger partial charge in [0.05, 0.1) is 36.2 Å². The van der Waals surface area contributed by atoms with Crippen LogP contribution in [0.4, 0.5) is 5.69 Å². The Morgan fingerprint density at radius 3 is 2.20 bits per heavy atom. The molecule has 238 valence electrons. The van der Waals surface area contributed by atoms with Gasteiger partial charge >= 0.3 is 0 Å². The number of rotatable bonds is 15. The van der Waals surface area contributed by atoms with Crippen LogP contribution in [-0.2, 0) is 19.4 Å². The van der Waals surface area contributed by atoms with Crippen molar-refractivity contribution in [1.82, 2.24) is 8.88 Å². The Balaban J connectivity index is 2.05. The monoisotopic (exact) mass is 645 g/mol. The molecule has 0 amide bonds. The van der Waals surface area contributed by atoms with Gasteiger partial charge in [0.15, 0.2) is 0 Å². The highest BCUT2D eigenvalue weighted by molar-refractivity contribution is 7.94. The predicted octanol–water partition coefficient (Wildman–Crippen LogP) is 3.07. The Morgan fingerprint density at radius 2 is 1.59 bits per heavy atom. The van der Waals surface area contributed by atoms with Gasteiger partial charge in [-0.2, -0.15) is 8.64 Å². The lowest BCUT2D eigenvalue weighted by atomic mass is 9.93. The highest BCUT2D eigenvalue weighted by Crippen LogP contribution is 2.45. The Bertz CT molecular complexity index is 1710. The number of anilines is 1. The zero-order valence-corrected chi connectivity index (χ0v) is 27.0. The SMILES string of the molecule is CCN(CC)c1ccc2c(-c3ccc(S(=O)(=O)N(CCO)CCO)cc3SOO[O-])c3ccc(=[N+](CC)CC)cc-3oc2c1. The predicted molar refractivity (Wildman–Crippen MR) is 169 cm³/mol. The first kappa shape index (κ1) is 33.9. The first-order valence-electron chi connectivity index (χ1n) is 14.6. The molecular weight excluding hydrogens is 606 g/mol. The Morgan fingerprint density at radius 1 is 0.909 bits per heavy atom. The summed E-state index contributed by atoms with van der Waals surface area (Å²) in [5.41, 5.74) is 3.79. The smallest absolute Gasteiger partial charge is 0.243 e. The maximum atomic E-state index is 13.5. The summed E-state index contributed by atoms with van der Waals surface area (Å²) in [5.74, 6) is 0.638. The minimum absolute atomic E-state index is 0.0954. The fourth-order valence-electron chi connectivity index (χ4n) is 5.44. The zero-order valence-electron chi connectivity index (χ0n) is 25.4. The molecular formula is C31H39N3O8S2. The summed E-state index contributed by atoms with van der Waals surface area (Å²) in [6, 6.07) is 16.5. The molecule has 11 nitrogen and oxygen atoms in total. The average Bonchev–Trinajstić information content (AvgIpc) is 3.03. The summed E-state index contributed by atoms with van der Waals surface area (Å²) in [4.78, 5) is 2.43. The van der Waals surface area contributed by atoms with Crippen LogP contribution in [0.15, 0.2) is 68.8 Å². The molecule has 1 aliphatic carbocycles. The van der Waals surface area contributed by atoms with E-state index in [9.17, 15) is 23.9 Å². The van der Waals surface area contributed by atoms with Crippen molar-refractivity contribution in [3.8, 4) is 22.5 Å². The van der Waals surface area contributed by atoms with Gasteiger partial charge in [0, 0.05) is 65.4 Å².